The van der Waals surface area contributed by atoms with Crippen LogP contribution in [-0.4, -0.2) is 69.2 Å². The molecule has 7 nitrogen and oxygen atoms in total. The molecule has 4 rings (SSSR count). The maximum atomic E-state index is 12.9. The van der Waals surface area contributed by atoms with Gasteiger partial charge in [0.05, 0.1) is 0 Å². The maximum Gasteiger partial charge on any atom is 0.285 e. The smallest absolute Gasteiger partial charge is 0.285 e. The fourth-order valence-corrected chi connectivity index (χ4v) is 5.54. The van der Waals surface area contributed by atoms with Crippen molar-refractivity contribution in [1.29, 1.82) is 0 Å². The van der Waals surface area contributed by atoms with Gasteiger partial charge in [0.1, 0.15) is 4.90 Å². The number of fused-ring (bicyclic) bond motifs is 1. The van der Waals surface area contributed by atoms with Gasteiger partial charge in [-0.25, -0.2) is 0 Å². The highest BCUT2D eigenvalue weighted by atomic mass is 35.5. The highest BCUT2D eigenvalue weighted by Gasteiger charge is 2.35. The number of carbonyl (C=O) groups excluding carboxylic acids is 1. The lowest BCUT2D eigenvalue weighted by Crippen LogP contribution is -2.48. The monoisotopic (exact) mass is 426 g/mol. The Hall–Kier alpha value is -1.64. The molecule has 0 aliphatic carbocycles. The Balaban J connectivity index is 0.00000225. The molecule has 2 saturated heterocycles. The first-order valence-corrected chi connectivity index (χ1v) is 11.1. The summed E-state index contributed by atoms with van der Waals surface area (Å²) >= 11 is 0. The predicted octanol–water partition coefficient (Wildman–Crippen LogP) is 1.48. The third kappa shape index (κ3) is 3.90. The summed E-state index contributed by atoms with van der Waals surface area (Å²) in [7, 11) is -1.67. The molecule has 3 aliphatic heterocycles. The SMILES string of the molecule is CN(C(=O)C1CCN(C2=NS(=O)(=O)c3ccccc32)CC1)C1CCNCC1.Cl. The largest absolute Gasteiger partial charge is 0.355 e. The molecule has 1 amide bonds. The molecule has 0 radical (unpaired) electrons. The maximum absolute atomic E-state index is 12.9. The van der Waals surface area contributed by atoms with Crippen LogP contribution in [0.1, 0.15) is 31.2 Å². The average molecular weight is 427 g/mol. The minimum atomic E-state index is -3.60. The minimum Gasteiger partial charge on any atom is -0.355 e. The molecule has 1 aromatic carbocycles. The van der Waals surface area contributed by atoms with Gasteiger partial charge in [0, 0.05) is 37.7 Å². The fourth-order valence-electron chi connectivity index (χ4n) is 4.32. The lowest BCUT2D eigenvalue weighted by Gasteiger charge is -2.37. The Labute approximate surface area is 172 Å². The van der Waals surface area contributed by atoms with Gasteiger partial charge in [0.25, 0.3) is 10.0 Å². The van der Waals surface area contributed by atoms with E-state index in [1.807, 2.05) is 22.9 Å². The first kappa shape index (κ1) is 21.1. The number of benzene rings is 1. The van der Waals surface area contributed by atoms with Gasteiger partial charge in [-0.2, -0.15) is 8.42 Å². The predicted molar refractivity (Wildman–Crippen MR) is 110 cm³/mol. The number of amides is 1. The van der Waals surface area contributed by atoms with Crippen molar-refractivity contribution < 1.29 is 13.2 Å². The fraction of sp³-hybridized carbons (Fsp3) is 0.579. The van der Waals surface area contributed by atoms with Gasteiger partial charge < -0.3 is 15.1 Å². The van der Waals surface area contributed by atoms with E-state index in [9.17, 15) is 13.2 Å². The molecule has 1 N–H and O–H groups in total. The van der Waals surface area contributed by atoms with Crippen LogP contribution in [0.2, 0.25) is 0 Å². The second-order valence-electron chi connectivity index (χ2n) is 7.58. The van der Waals surface area contributed by atoms with Crippen LogP contribution in [0.4, 0.5) is 0 Å². The molecule has 0 bridgehead atoms. The van der Waals surface area contributed by atoms with Crippen LogP contribution in [-0.2, 0) is 14.8 Å². The Morgan fingerprint density at radius 2 is 1.79 bits per heavy atom. The second-order valence-corrected chi connectivity index (χ2v) is 9.15. The zero-order chi connectivity index (χ0) is 19.0. The zero-order valence-electron chi connectivity index (χ0n) is 16.0. The summed E-state index contributed by atoms with van der Waals surface area (Å²) in [6.07, 6.45) is 3.48. The van der Waals surface area contributed by atoms with E-state index in [0.717, 1.165) is 38.8 Å². The summed E-state index contributed by atoms with van der Waals surface area (Å²) in [6.45, 7) is 3.24. The number of hydrogen-bond donors (Lipinski definition) is 1. The molecular weight excluding hydrogens is 400 g/mol. The minimum absolute atomic E-state index is 0. The third-order valence-corrected chi connectivity index (χ3v) is 7.29. The van der Waals surface area contributed by atoms with Gasteiger partial charge in [0.2, 0.25) is 5.91 Å². The Morgan fingerprint density at radius 1 is 1.14 bits per heavy atom. The molecule has 0 unspecified atom stereocenters. The number of halogens is 1. The van der Waals surface area contributed by atoms with Crippen molar-refractivity contribution in [2.24, 2.45) is 10.3 Å². The van der Waals surface area contributed by atoms with Gasteiger partial charge in [-0.3, -0.25) is 4.79 Å². The molecule has 28 heavy (non-hydrogen) atoms. The van der Waals surface area contributed by atoms with E-state index in [1.165, 1.54) is 0 Å². The average Bonchev–Trinajstić information content (AvgIpc) is 2.99. The summed E-state index contributed by atoms with van der Waals surface area (Å²) in [5, 5.41) is 3.33. The van der Waals surface area contributed by atoms with Crippen molar-refractivity contribution >= 4 is 34.2 Å². The first-order chi connectivity index (χ1) is 13.0. The summed E-state index contributed by atoms with van der Waals surface area (Å²) in [6, 6.07) is 7.29. The third-order valence-electron chi connectivity index (χ3n) is 5.96. The zero-order valence-corrected chi connectivity index (χ0v) is 17.6. The number of amidine groups is 1. The highest BCUT2D eigenvalue weighted by molar-refractivity contribution is 7.90. The van der Waals surface area contributed by atoms with Crippen molar-refractivity contribution in [3.05, 3.63) is 29.8 Å². The van der Waals surface area contributed by atoms with Crippen LogP contribution in [0.25, 0.3) is 0 Å². The first-order valence-electron chi connectivity index (χ1n) is 9.64. The van der Waals surface area contributed by atoms with Crippen molar-refractivity contribution in [3.8, 4) is 0 Å². The molecule has 0 saturated carbocycles. The van der Waals surface area contributed by atoms with E-state index >= 15 is 0 Å². The summed E-state index contributed by atoms with van der Waals surface area (Å²) in [4.78, 5) is 17.1. The molecule has 2 fully saturated rings. The molecule has 0 atom stereocenters. The van der Waals surface area contributed by atoms with Crippen molar-refractivity contribution in [1.82, 2.24) is 15.1 Å². The van der Waals surface area contributed by atoms with Gasteiger partial charge in [-0.05, 0) is 50.9 Å². The Morgan fingerprint density at radius 3 is 2.46 bits per heavy atom. The summed E-state index contributed by atoms with van der Waals surface area (Å²) in [5.74, 6) is 0.765. The topological polar surface area (TPSA) is 82.1 Å². The highest BCUT2D eigenvalue weighted by Crippen LogP contribution is 2.30. The van der Waals surface area contributed by atoms with Crippen LogP contribution >= 0.6 is 12.4 Å². The van der Waals surface area contributed by atoms with Crippen LogP contribution in [0.15, 0.2) is 33.6 Å². The number of rotatable bonds is 2. The van der Waals surface area contributed by atoms with Crippen LogP contribution < -0.4 is 5.32 Å². The van der Waals surface area contributed by atoms with Crippen molar-refractivity contribution in [2.45, 2.75) is 36.6 Å². The van der Waals surface area contributed by atoms with Crippen LogP contribution in [0.5, 0.6) is 0 Å². The molecule has 0 aromatic heterocycles. The number of sulfonamides is 1. The molecule has 0 spiro atoms. The molecule has 3 aliphatic rings. The van der Waals surface area contributed by atoms with E-state index in [4.69, 9.17) is 0 Å². The second kappa shape index (κ2) is 8.39. The molecule has 1 aromatic rings. The van der Waals surface area contributed by atoms with Crippen LogP contribution in [0, 0.1) is 5.92 Å². The molecule has 154 valence electrons. The number of hydrogen-bond acceptors (Lipinski definition) is 5. The van der Waals surface area contributed by atoms with E-state index in [-0.39, 0.29) is 29.1 Å². The number of piperidine rings is 2. The van der Waals surface area contributed by atoms with Gasteiger partial charge >= 0.3 is 0 Å². The van der Waals surface area contributed by atoms with E-state index in [2.05, 4.69) is 9.71 Å². The van der Waals surface area contributed by atoms with Gasteiger partial charge in [-0.1, -0.05) is 12.1 Å². The Bertz CT molecular complexity index is 860. The van der Waals surface area contributed by atoms with Crippen molar-refractivity contribution in [2.75, 3.05) is 33.2 Å². The molecular formula is C19H27ClN4O3S. The quantitative estimate of drug-likeness (QED) is 0.774. The normalized spacial score (nSPS) is 22.2. The molecule has 9 heteroatoms. The lowest BCUT2D eigenvalue weighted by molar-refractivity contribution is -0.138. The van der Waals surface area contributed by atoms with E-state index in [0.29, 0.717) is 30.5 Å². The molecule has 3 heterocycles. The van der Waals surface area contributed by atoms with E-state index in [1.54, 1.807) is 18.2 Å². The summed E-state index contributed by atoms with van der Waals surface area (Å²) in [5.41, 5.74) is 0.675. The number of carbonyl (C=O) groups is 1. The van der Waals surface area contributed by atoms with Gasteiger partial charge in [-0.15, -0.1) is 16.8 Å². The summed E-state index contributed by atoms with van der Waals surface area (Å²) < 4.78 is 28.5. The van der Waals surface area contributed by atoms with Gasteiger partial charge in [0.15, 0.2) is 5.84 Å². The lowest BCUT2D eigenvalue weighted by atomic mass is 9.93. The number of nitrogens with zero attached hydrogens (tertiary/aromatic N) is 3. The van der Waals surface area contributed by atoms with Crippen LogP contribution in [0.3, 0.4) is 0 Å². The number of nitrogens with one attached hydrogen (secondary N) is 1. The standard InChI is InChI=1S/C19H26N4O3S.ClH/c1-22(15-6-10-20-11-7-15)19(24)14-8-12-23(13-9-14)18-16-4-2-3-5-17(16)27(25,26)21-18;/h2-5,14-15,20H,6-13H2,1H3;1H. The van der Waals surface area contributed by atoms with E-state index < -0.39 is 10.0 Å². The van der Waals surface area contributed by atoms with Crippen molar-refractivity contribution in [3.63, 3.8) is 0 Å². The Kier molecular flexibility index (Phi) is 6.31. The number of likely N-dealkylation sites (tertiary alicyclic amines) is 1.